The molecule has 0 saturated heterocycles. The summed E-state index contributed by atoms with van der Waals surface area (Å²) in [6.07, 6.45) is 4.95. The predicted molar refractivity (Wildman–Crippen MR) is 81.8 cm³/mol. The van der Waals surface area contributed by atoms with Gasteiger partial charge in [-0.1, -0.05) is 24.3 Å². The van der Waals surface area contributed by atoms with Crippen LogP contribution in [0.25, 0.3) is 0 Å². The summed E-state index contributed by atoms with van der Waals surface area (Å²) in [4.78, 5) is 18.6. The molecule has 3 N–H and O–H groups in total. The zero-order chi connectivity index (χ0) is 14.7. The summed E-state index contributed by atoms with van der Waals surface area (Å²) in [5.74, 6) is 5.45. The fourth-order valence-corrected chi connectivity index (χ4v) is 2.73. The van der Waals surface area contributed by atoms with Gasteiger partial charge >= 0.3 is 0 Å². The zero-order valence-corrected chi connectivity index (χ0v) is 11.7. The minimum absolute atomic E-state index is 0.0242. The van der Waals surface area contributed by atoms with E-state index >= 15 is 0 Å². The second-order valence-electron chi connectivity index (χ2n) is 5.13. The van der Waals surface area contributed by atoms with E-state index in [1.165, 1.54) is 11.1 Å². The molecular weight excluding hydrogens is 264 g/mol. The van der Waals surface area contributed by atoms with Crippen LogP contribution in [-0.4, -0.2) is 28.9 Å². The average Bonchev–Trinajstić information content (AvgIpc) is 2.77. The van der Waals surface area contributed by atoms with Gasteiger partial charge in [0, 0.05) is 25.5 Å². The minimum atomic E-state index is -0.0242. The number of hydrogen-bond donors (Lipinski definition) is 2. The lowest BCUT2D eigenvalue weighted by atomic mass is 10.0. The molecule has 0 saturated carbocycles. The lowest BCUT2D eigenvalue weighted by Gasteiger charge is -2.21. The Morgan fingerprint density at radius 1 is 1.14 bits per heavy atom. The first kappa shape index (κ1) is 13.6. The number of carbonyl (C=O) groups is 1. The number of pyridine rings is 1. The van der Waals surface area contributed by atoms with Crippen LogP contribution in [0, 0.1) is 0 Å². The van der Waals surface area contributed by atoms with Gasteiger partial charge in [0.15, 0.2) is 0 Å². The number of nitrogens with two attached hydrogens (primary N) is 1. The number of nitrogens with zero attached hydrogens (tertiary/aromatic N) is 2. The van der Waals surface area contributed by atoms with Crippen molar-refractivity contribution >= 4 is 11.6 Å². The van der Waals surface area contributed by atoms with Crippen molar-refractivity contribution < 1.29 is 4.79 Å². The molecule has 0 radical (unpaired) electrons. The van der Waals surface area contributed by atoms with Crippen LogP contribution in [0.2, 0.25) is 0 Å². The lowest BCUT2D eigenvalue weighted by molar-refractivity contribution is 0.0763. The van der Waals surface area contributed by atoms with Crippen LogP contribution in [0.3, 0.4) is 0 Å². The number of hydrogen-bond acceptors (Lipinski definition) is 4. The molecule has 0 unspecified atom stereocenters. The largest absolute Gasteiger partial charge is 0.338 e. The highest BCUT2D eigenvalue weighted by molar-refractivity contribution is 5.99. The summed E-state index contributed by atoms with van der Waals surface area (Å²) in [6, 6.07) is 10.1. The summed E-state index contributed by atoms with van der Waals surface area (Å²) >= 11 is 0. The van der Waals surface area contributed by atoms with Crippen molar-refractivity contribution in [1.82, 2.24) is 9.88 Å². The van der Waals surface area contributed by atoms with Crippen molar-refractivity contribution in [1.29, 1.82) is 0 Å². The van der Waals surface area contributed by atoms with Crippen molar-refractivity contribution in [2.45, 2.75) is 12.8 Å². The Bertz CT molecular complexity index is 629. The SMILES string of the molecule is NNc1ccncc1C(=O)N1CCc2ccccc2CC1. The van der Waals surface area contributed by atoms with Crippen molar-refractivity contribution in [2.24, 2.45) is 5.84 Å². The van der Waals surface area contributed by atoms with E-state index in [1.807, 2.05) is 17.0 Å². The van der Waals surface area contributed by atoms with Crippen LogP contribution in [0.4, 0.5) is 5.69 Å². The number of nitrogens with one attached hydrogen (secondary N) is 1. The standard InChI is InChI=1S/C16H18N4O/c17-19-15-5-8-18-11-14(15)16(21)20-9-6-12-3-1-2-4-13(12)7-10-20/h1-5,8,11H,6-7,9-10,17H2,(H,18,19). The first-order chi connectivity index (χ1) is 10.3. The molecule has 2 heterocycles. The molecule has 0 bridgehead atoms. The highest BCUT2D eigenvalue weighted by Crippen LogP contribution is 2.19. The molecule has 1 aromatic heterocycles. The lowest BCUT2D eigenvalue weighted by Crippen LogP contribution is -2.34. The van der Waals surface area contributed by atoms with Gasteiger partial charge < -0.3 is 10.3 Å². The Morgan fingerprint density at radius 3 is 2.43 bits per heavy atom. The molecule has 1 amide bonds. The van der Waals surface area contributed by atoms with E-state index in [1.54, 1.807) is 18.5 Å². The molecule has 108 valence electrons. The number of hydrazine groups is 1. The number of fused-ring (bicyclic) bond motifs is 1. The van der Waals surface area contributed by atoms with Crippen LogP contribution in [-0.2, 0) is 12.8 Å². The molecule has 1 aliphatic heterocycles. The fourth-order valence-electron chi connectivity index (χ4n) is 2.73. The summed E-state index contributed by atoms with van der Waals surface area (Å²) in [5.41, 5.74) is 6.35. The van der Waals surface area contributed by atoms with Crippen LogP contribution >= 0.6 is 0 Å². The monoisotopic (exact) mass is 282 g/mol. The van der Waals surface area contributed by atoms with Gasteiger partial charge in [-0.15, -0.1) is 0 Å². The topological polar surface area (TPSA) is 71.2 Å². The van der Waals surface area contributed by atoms with E-state index < -0.39 is 0 Å². The Labute approximate surface area is 123 Å². The molecule has 0 spiro atoms. The minimum Gasteiger partial charge on any atom is -0.338 e. The number of carbonyl (C=O) groups excluding carboxylic acids is 1. The molecule has 5 nitrogen and oxygen atoms in total. The molecule has 0 fully saturated rings. The van der Waals surface area contributed by atoms with Crippen molar-refractivity contribution in [3.05, 3.63) is 59.4 Å². The Hall–Kier alpha value is -2.40. The molecule has 1 aliphatic rings. The number of anilines is 1. The molecule has 2 aromatic rings. The molecule has 0 atom stereocenters. The van der Waals surface area contributed by atoms with Gasteiger partial charge in [-0.3, -0.25) is 15.6 Å². The maximum Gasteiger partial charge on any atom is 0.257 e. The average molecular weight is 282 g/mol. The first-order valence-electron chi connectivity index (χ1n) is 7.06. The van der Waals surface area contributed by atoms with E-state index in [-0.39, 0.29) is 5.91 Å². The molecule has 5 heteroatoms. The second kappa shape index (κ2) is 5.93. The number of benzene rings is 1. The Morgan fingerprint density at radius 2 is 1.81 bits per heavy atom. The third-order valence-corrected chi connectivity index (χ3v) is 3.91. The van der Waals surface area contributed by atoms with Crippen LogP contribution in [0.1, 0.15) is 21.5 Å². The smallest absolute Gasteiger partial charge is 0.257 e. The maximum atomic E-state index is 12.7. The van der Waals surface area contributed by atoms with Gasteiger partial charge in [-0.25, -0.2) is 0 Å². The van der Waals surface area contributed by atoms with Crippen LogP contribution in [0.15, 0.2) is 42.7 Å². The van der Waals surface area contributed by atoms with Crippen molar-refractivity contribution in [3.63, 3.8) is 0 Å². The van der Waals surface area contributed by atoms with Gasteiger partial charge in [-0.2, -0.15) is 0 Å². The van der Waals surface area contributed by atoms with E-state index in [2.05, 4.69) is 22.5 Å². The van der Waals surface area contributed by atoms with Gasteiger partial charge in [-0.05, 0) is 30.0 Å². The summed E-state index contributed by atoms with van der Waals surface area (Å²) < 4.78 is 0. The second-order valence-corrected chi connectivity index (χ2v) is 5.13. The third-order valence-electron chi connectivity index (χ3n) is 3.91. The zero-order valence-electron chi connectivity index (χ0n) is 11.7. The molecule has 3 rings (SSSR count). The van der Waals surface area contributed by atoms with Crippen LogP contribution in [0.5, 0.6) is 0 Å². The summed E-state index contributed by atoms with van der Waals surface area (Å²) in [7, 11) is 0. The maximum absolute atomic E-state index is 12.7. The van der Waals surface area contributed by atoms with Gasteiger partial charge in [0.2, 0.25) is 0 Å². The molecule has 1 aromatic carbocycles. The number of aromatic nitrogens is 1. The van der Waals surface area contributed by atoms with E-state index in [4.69, 9.17) is 5.84 Å². The summed E-state index contributed by atoms with van der Waals surface area (Å²) in [5, 5.41) is 0. The highest BCUT2D eigenvalue weighted by atomic mass is 16.2. The van der Waals surface area contributed by atoms with E-state index in [9.17, 15) is 4.79 Å². The number of rotatable bonds is 2. The highest BCUT2D eigenvalue weighted by Gasteiger charge is 2.21. The predicted octanol–water partition coefficient (Wildman–Crippen LogP) is 1.61. The number of amides is 1. The first-order valence-corrected chi connectivity index (χ1v) is 7.06. The van der Waals surface area contributed by atoms with Crippen molar-refractivity contribution in [2.75, 3.05) is 18.5 Å². The van der Waals surface area contributed by atoms with Gasteiger partial charge in [0.05, 0.1) is 11.3 Å². The summed E-state index contributed by atoms with van der Waals surface area (Å²) in [6.45, 7) is 1.43. The molecule has 21 heavy (non-hydrogen) atoms. The Balaban J connectivity index is 1.81. The third kappa shape index (κ3) is 2.73. The van der Waals surface area contributed by atoms with Crippen molar-refractivity contribution in [3.8, 4) is 0 Å². The van der Waals surface area contributed by atoms with Crippen LogP contribution < -0.4 is 11.3 Å². The number of nitrogen functional groups attached to an aromatic ring is 1. The molecule has 0 aliphatic carbocycles. The quantitative estimate of drug-likeness (QED) is 0.648. The Kier molecular flexibility index (Phi) is 3.83. The van der Waals surface area contributed by atoms with Gasteiger partial charge in [0.25, 0.3) is 5.91 Å². The van der Waals surface area contributed by atoms with E-state index in [0.717, 1.165) is 25.9 Å². The fraction of sp³-hybridized carbons (Fsp3) is 0.250. The molecular formula is C16H18N4O. The van der Waals surface area contributed by atoms with E-state index in [0.29, 0.717) is 11.3 Å². The van der Waals surface area contributed by atoms with Gasteiger partial charge in [0.1, 0.15) is 0 Å². The normalized spacial score (nSPS) is 14.2.